The first-order valence-corrected chi connectivity index (χ1v) is 13.2. The highest BCUT2D eigenvalue weighted by Crippen LogP contribution is 2.38. The molecule has 37 heavy (non-hydrogen) atoms. The number of carbonyl (C=O) groups is 3. The third-order valence-electron chi connectivity index (χ3n) is 5.47. The van der Waals surface area contributed by atoms with Crippen LogP contribution in [0.3, 0.4) is 0 Å². The summed E-state index contributed by atoms with van der Waals surface area (Å²) in [7, 11) is 0. The Morgan fingerprint density at radius 1 is 1.03 bits per heavy atom. The quantitative estimate of drug-likeness (QED) is 0.225. The van der Waals surface area contributed by atoms with E-state index in [2.05, 4.69) is 37.2 Å². The monoisotopic (exact) mass is 646 g/mol. The number of hydrogen-bond donors (Lipinski definition) is 1. The second-order valence-corrected chi connectivity index (χ2v) is 10.2. The van der Waals surface area contributed by atoms with E-state index in [1.54, 1.807) is 37.3 Å². The molecule has 7 nitrogen and oxygen atoms in total. The first-order chi connectivity index (χ1) is 17.7. The van der Waals surface area contributed by atoms with Crippen LogP contribution in [0.4, 0.5) is 10.5 Å². The third-order valence-corrected chi connectivity index (χ3v) is 7.02. The van der Waals surface area contributed by atoms with Crippen molar-refractivity contribution in [1.82, 2.24) is 5.32 Å². The van der Waals surface area contributed by atoms with Gasteiger partial charge in [-0.25, -0.2) is 9.69 Å². The topological polar surface area (TPSA) is 84.9 Å². The predicted molar refractivity (Wildman–Crippen MR) is 149 cm³/mol. The molecule has 1 N–H and O–H groups in total. The van der Waals surface area contributed by atoms with Gasteiger partial charge in [-0.1, -0.05) is 61.7 Å². The van der Waals surface area contributed by atoms with E-state index in [1.807, 2.05) is 31.2 Å². The lowest BCUT2D eigenvalue weighted by molar-refractivity contribution is -0.122. The summed E-state index contributed by atoms with van der Waals surface area (Å²) in [6, 6.07) is 15.1. The molecule has 0 aromatic heterocycles. The van der Waals surface area contributed by atoms with Gasteiger partial charge in [-0.15, -0.1) is 0 Å². The maximum Gasteiger partial charge on any atom is 0.335 e. The summed E-state index contributed by atoms with van der Waals surface area (Å²) in [5.41, 5.74) is 2.18. The minimum Gasteiger partial charge on any atom is -0.490 e. The summed E-state index contributed by atoms with van der Waals surface area (Å²) in [6.07, 6.45) is 1.37. The summed E-state index contributed by atoms with van der Waals surface area (Å²) in [4.78, 5) is 39.5. The molecule has 10 heteroatoms. The Hall–Kier alpha value is -3.14. The number of aryl methyl sites for hydroxylation is 1. The van der Waals surface area contributed by atoms with Gasteiger partial charge in [-0.05, 0) is 67.4 Å². The molecule has 0 atom stereocenters. The van der Waals surface area contributed by atoms with Gasteiger partial charge in [-0.2, -0.15) is 0 Å². The molecule has 4 rings (SSSR count). The van der Waals surface area contributed by atoms with Crippen LogP contribution in [0.15, 0.2) is 69.1 Å². The number of nitrogens with zero attached hydrogens (tertiary/aromatic N) is 1. The van der Waals surface area contributed by atoms with E-state index in [1.165, 1.54) is 6.08 Å². The standard InChI is InChI=1S/C27H21Br2ClN2O5/c1-3-36-23-13-16(12-21(30)24(23)37-14-17-6-4-5-7-20(17)29)11-19-25(33)31-27(35)32(26(19)34)22-9-8-18(28)10-15(22)2/h4-13H,3,14H2,1-2H3,(H,31,33,35)/b19-11-. The van der Waals surface area contributed by atoms with E-state index in [0.29, 0.717) is 34.9 Å². The second-order valence-electron chi connectivity index (χ2n) is 8.03. The van der Waals surface area contributed by atoms with E-state index < -0.39 is 17.8 Å². The Labute approximate surface area is 235 Å². The molecule has 0 bridgehead atoms. The number of nitrogens with one attached hydrogen (secondary N) is 1. The molecule has 0 aliphatic carbocycles. The molecule has 3 aromatic rings. The third kappa shape index (κ3) is 5.89. The highest BCUT2D eigenvalue weighted by Gasteiger charge is 2.37. The molecule has 190 valence electrons. The van der Waals surface area contributed by atoms with Crippen molar-refractivity contribution >= 4 is 73.1 Å². The molecule has 4 amide bonds. The van der Waals surface area contributed by atoms with Gasteiger partial charge >= 0.3 is 6.03 Å². The number of hydrogen-bond acceptors (Lipinski definition) is 5. The number of halogens is 3. The summed E-state index contributed by atoms with van der Waals surface area (Å²) in [5.74, 6) is -0.857. The first-order valence-electron chi connectivity index (χ1n) is 11.2. The zero-order valence-corrected chi connectivity index (χ0v) is 23.7. The van der Waals surface area contributed by atoms with E-state index in [9.17, 15) is 14.4 Å². The van der Waals surface area contributed by atoms with Gasteiger partial charge in [0.1, 0.15) is 12.2 Å². The number of anilines is 1. The predicted octanol–water partition coefficient (Wildman–Crippen LogP) is 6.82. The van der Waals surface area contributed by atoms with Gasteiger partial charge in [0, 0.05) is 14.5 Å². The van der Waals surface area contributed by atoms with Crippen LogP contribution in [-0.4, -0.2) is 24.5 Å². The average Bonchev–Trinajstić information content (AvgIpc) is 2.83. The number of ether oxygens (including phenoxy) is 2. The molecule has 1 aliphatic rings. The fraction of sp³-hybridized carbons (Fsp3) is 0.148. The number of amides is 4. The minimum absolute atomic E-state index is 0.220. The van der Waals surface area contributed by atoms with Gasteiger partial charge in [0.05, 0.1) is 17.3 Å². The molecular weight excluding hydrogens is 628 g/mol. The summed E-state index contributed by atoms with van der Waals surface area (Å²) in [6.45, 7) is 4.17. The molecular formula is C27H21Br2ClN2O5. The molecule has 1 saturated heterocycles. The lowest BCUT2D eigenvalue weighted by Crippen LogP contribution is -2.54. The molecule has 0 spiro atoms. The molecule has 1 aliphatic heterocycles. The van der Waals surface area contributed by atoms with Gasteiger partial charge in [-0.3, -0.25) is 14.9 Å². The van der Waals surface area contributed by atoms with Gasteiger partial charge in [0.15, 0.2) is 11.5 Å². The highest BCUT2D eigenvalue weighted by atomic mass is 79.9. The maximum absolute atomic E-state index is 13.3. The number of urea groups is 1. The van der Waals surface area contributed by atoms with Crippen LogP contribution in [0.2, 0.25) is 5.02 Å². The van der Waals surface area contributed by atoms with Crippen molar-refractivity contribution in [3.05, 3.63) is 90.8 Å². The van der Waals surface area contributed by atoms with E-state index in [0.717, 1.165) is 19.4 Å². The van der Waals surface area contributed by atoms with Gasteiger partial charge in [0.25, 0.3) is 11.8 Å². The van der Waals surface area contributed by atoms with Crippen LogP contribution >= 0.6 is 43.5 Å². The van der Waals surface area contributed by atoms with E-state index in [4.69, 9.17) is 21.1 Å². The zero-order chi connectivity index (χ0) is 26.7. The molecule has 1 fully saturated rings. The SMILES string of the molecule is CCOc1cc(/C=C2/C(=O)NC(=O)N(c3ccc(Br)cc3C)C2=O)cc(Cl)c1OCc1ccccc1Br. The van der Waals surface area contributed by atoms with E-state index >= 15 is 0 Å². The van der Waals surface area contributed by atoms with Crippen molar-refractivity contribution in [1.29, 1.82) is 0 Å². The van der Waals surface area contributed by atoms with Crippen molar-refractivity contribution in [3.63, 3.8) is 0 Å². The Bertz CT molecular complexity index is 1440. The first kappa shape index (κ1) is 26.9. The van der Waals surface area contributed by atoms with Gasteiger partial charge < -0.3 is 9.47 Å². The van der Waals surface area contributed by atoms with Crippen molar-refractivity contribution in [2.45, 2.75) is 20.5 Å². The van der Waals surface area contributed by atoms with Crippen molar-refractivity contribution in [3.8, 4) is 11.5 Å². The molecule has 1 heterocycles. The van der Waals surface area contributed by atoms with Crippen molar-refractivity contribution < 1.29 is 23.9 Å². The highest BCUT2D eigenvalue weighted by molar-refractivity contribution is 9.10. The van der Waals surface area contributed by atoms with Crippen LogP contribution < -0.4 is 19.7 Å². The van der Waals surface area contributed by atoms with Crippen LogP contribution in [0.25, 0.3) is 6.08 Å². The Morgan fingerprint density at radius 2 is 1.78 bits per heavy atom. The van der Waals surface area contributed by atoms with Gasteiger partial charge in [0.2, 0.25) is 0 Å². The van der Waals surface area contributed by atoms with Crippen LogP contribution in [0, 0.1) is 6.92 Å². The largest absolute Gasteiger partial charge is 0.490 e. The lowest BCUT2D eigenvalue weighted by Gasteiger charge is -2.27. The summed E-state index contributed by atoms with van der Waals surface area (Å²) in [5, 5.41) is 2.47. The van der Waals surface area contributed by atoms with Crippen molar-refractivity contribution in [2.75, 3.05) is 11.5 Å². The molecule has 0 radical (unpaired) electrons. The zero-order valence-electron chi connectivity index (χ0n) is 19.8. The summed E-state index contributed by atoms with van der Waals surface area (Å²) >= 11 is 13.4. The van der Waals surface area contributed by atoms with Crippen molar-refractivity contribution in [2.24, 2.45) is 0 Å². The van der Waals surface area contributed by atoms with Crippen LogP contribution in [0.1, 0.15) is 23.6 Å². The number of imide groups is 2. The number of rotatable bonds is 7. The fourth-order valence-corrected chi connectivity index (χ4v) is 4.90. The number of barbiturate groups is 1. The number of benzene rings is 3. The van der Waals surface area contributed by atoms with E-state index in [-0.39, 0.29) is 17.2 Å². The smallest absolute Gasteiger partial charge is 0.335 e. The molecule has 0 saturated carbocycles. The lowest BCUT2D eigenvalue weighted by atomic mass is 10.1. The fourth-order valence-electron chi connectivity index (χ4n) is 3.75. The van der Waals surface area contributed by atoms with Crippen LogP contribution in [0.5, 0.6) is 11.5 Å². The maximum atomic E-state index is 13.3. The summed E-state index contributed by atoms with van der Waals surface area (Å²) < 4.78 is 13.4. The Kier molecular flexibility index (Phi) is 8.36. The minimum atomic E-state index is -0.818. The second kappa shape index (κ2) is 11.5. The Morgan fingerprint density at radius 3 is 2.49 bits per heavy atom. The molecule has 0 unspecified atom stereocenters. The Balaban J connectivity index is 1.68. The normalized spacial score (nSPS) is 14.7. The van der Waals surface area contributed by atoms with Crippen LogP contribution in [-0.2, 0) is 16.2 Å². The average molecular weight is 649 g/mol. The number of carbonyl (C=O) groups excluding carboxylic acids is 3. The molecule has 3 aromatic carbocycles.